The van der Waals surface area contributed by atoms with Gasteiger partial charge in [-0.25, -0.2) is 0 Å². The van der Waals surface area contributed by atoms with Gasteiger partial charge in [0.1, 0.15) is 0 Å². The summed E-state index contributed by atoms with van der Waals surface area (Å²) in [6, 6.07) is 6.76. The van der Waals surface area contributed by atoms with Gasteiger partial charge >= 0.3 is 0 Å². The van der Waals surface area contributed by atoms with E-state index in [9.17, 15) is 15.2 Å². The highest BCUT2D eigenvalue weighted by molar-refractivity contribution is 7.98. The van der Waals surface area contributed by atoms with E-state index in [-0.39, 0.29) is 22.6 Å². The molecule has 1 fully saturated rings. The van der Waals surface area contributed by atoms with Crippen LogP contribution < -0.4 is 0 Å². The van der Waals surface area contributed by atoms with Crippen molar-refractivity contribution in [1.29, 1.82) is 0 Å². The van der Waals surface area contributed by atoms with E-state index in [1.54, 1.807) is 30.0 Å². The van der Waals surface area contributed by atoms with Gasteiger partial charge in [-0.3, -0.25) is 10.1 Å². The molecule has 1 aliphatic heterocycles. The average molecular weight is 269 g/mol. The fourth-order valence-corrected chi connectivity index (χ4v) is 3.06. The second-order valence-electron chi connectivity index (χ2n) is 4.53. The second-order valence-corrected chi connectivity index (χ2v) is 5.52. The summed E-state index contributed by atoms with van der Waals surface area (Å²) in [6.07, 6.45) is 0. The maximum absolute atomic E-state index is 10.8. The largest absolute Gasteiger partial charge is 0.396 e. The van der Waals surface area contributed by atoms with E-state index >= 15 is 0 Å². The molecule has 0 amide bonds. The molecule has 1 N–H and O–H groups in total. The van der Waals surface area contributed by atoms with Gasteiger partial charge in [-0.15, -0.1) is 0 Å². The number of aliphatic hydroxyl groups is 1. The quantitative estimate of drug-likeness (QED) is 0.630. The zero-order valence-electron chi connectivity index (χ0n) is 9.87. The summed E-state index contributed by atoms with van der Waals surface area (Å²) in [5.74, 6) is 1.34. The fourth-order valence-electron chi connectivity index (χ4n) is 1.80. The van der Waals surface area contributed by atoms with Gasteiger partial charge in [0.15, 0.2) is 0 Å². The minimum Gasteiger partial charge on any atom is -0.396 e. The molecule has 1 aromatic carbocycles. The van der Waals surface area contributed by atoms with Crippen LogP contribution in [0.3, 0.4) is 0 Å². The molecule has 1 saturated heterocycles. The molecular formula is C12H15NO4S. The summed E-state index contributed by atoms with van der Waals surface area (Å²) < 4.78 is 5.11. The molecule has 1 heterocycles. The Labute approximate surface area is 109 Å². The second kappa shape index (κ2) is 5.69. The number of thioether (sulfide) groups is 1. The smallest absolute Gasteiger partial charge is 0.273 e. The van der Waals surface area contributed by atoms with Crippen LogP contribution in [-0.2, 0) is 10.5 Å². The van der Waals surface area contributed by atoms with E-state index in [1.807, 2.05) is 0 Å². The predicted molar refractivity (Wildman–Crippen MR) is 69.6 cm³/mol. The number of hydrogen-bond acceptors (Lipinski definition) is 5. The van der Waals surface area contributed by atoms with Gasteiger partial charge in [-0.2, -0.15) is 11.8 Å². The zero-order valence-corrected chi connectivity index (χ0v) is 10.7. The average Bonchev–Trinajstić information content (AvgIpc) is 2.33. The molecule has 2 rings (SSSR count). The van der Waals surface area contributed by atoms with E-state index in [1.165, 1.54) is 6.07 Å². The number of rotatable bonds is 6. The molecule has 6 heteroatoms. The number of nitrogens with zero attached hydrogens (tertiary/aromatic N) is 1. The molecule has 5 nitrogen and oxygen atoms in total. The van der Waals surface area contributed by atoms with E-state index in [0.29, 0.717) is 19.0 Å². The number of aliphatic hydroxyl groups excluding tert-OH is 1. The molecule has 0 bridgehead atoms. The Morgan fingerprint density at radius 3 is 2.72 bits per heavy atom. The standard InChI is InChI=1S/C12H15NO4S/c14-6-12(7-17-8-12)9-18-5-10-3-1-2-4-11(10)13(15)16/h1-4,14H,5-9H2. The zero-order chi connectivity index (χ0) is 13.0. The van der Waals surface area contributed by atoms with Crippen LogP contribution in [0.2, 0.25) is 0 Å². The van der Waals surface area contributed by atoms with E-state index in [0.717, 1.165) is 11.3 Å². The number of nitro groups is 1. The number of hydrogen-bond donors (Lipinski definition) is 1. The van der Waals surface area contributed by atoms with E-state index in [2.05, 4.69) is 0 Å². The van der Waals surface area contributed by atoms with Crippen LogP contribution in [-0.4, -0.2) is 35.6 Å². The topological polar surface area (TPSA) is 72.6 Å². The lowest BCUT2D eigenvalue weighted by atomic mass is 9.90. The third-order valence-electron chi connectivity index (χ3n) is 3.01. The summed E-state index contributed by atoms with van der Waals surface area (Å²) >= 11 is 1.60. The summed E-state index contributed by atoms with van der Waals surface area (Å²) in [5.41, 5.74) is 0.738. The molecular weight excluding hydrogens is 254 g/mol. The van der Waals surface area contributed by atoms with Crippen LogP contribution in [0.25, 0.3) is 0 Å². The van der Waals surface area contributed by atoms with Crippen molar-refractivity contribution < 1.29 is 14.8 Å². The molecule has 18 heavy (non-hydrogen) atoms. The monoisotopic (exact) mass is 269 g/mol. The highest BCUT2D eigenvalue weighted by Gasteiger charge is 2.37. The predicted octanol–water partition coefficient (Wildman–Crippen LogP) is 1.84. The van der Waals surface area contributed by atoms with Gasteiger partial charge in [0, 0.05) is 28.6 Å². The maximum atomic E-state index is 10.8. The van der Waals surface area contributed by atoms with Crippen molar-refractivity contribution in [3.05, 3.63) is 39.9 Å². The molecule has 0 radical (unpaired) electrons. The lowest BCUT2D eigenvalue weighted by Gasteiger charge is -2.39. The minimum atomic E-state index is -0.357. The molecule has 0 unspecified atom stereocenters. The van der Waals surface area contributed by atoms with Gasteiger partial charge in [0.05, 0.1) is 24.7 Å². The highest BCUT2D eigenvalue weighted by atomic mass is 32.2. The highest BCUT2D eigenvalue weighted by Crippen LogP contribution is 2.33. The van der Waals surface area contributed by atoms with Crippen molar-refractivity contribution >= 4 is 17.4 Å². The minimum absolute atomic E-state index is 0.108. The summed E-state index contributed by atoms with van der Waals surface area (Å²) in [4.78, 5) is 10.5. The van der Waals surface area contributed by atoms with Gasteiger partial charge in [0.2, 0.25) is 0 Å². The van der Waals surface area contributed by atoms with Crippen LogP contribution in [0.1, 0.15) is 5.56 Å². The third kappa shape index (κ3) is 2.82. The van der Waals surface area contributed by atoms with Gasteiger partial charge in [0.25, 0.3) is 5.69 Å². The number of ether oxygens (including phenoxy) is 1. The molecule has 0 saturated carbocycles. The third-order valence-corrected chi connectivity index (χ3v) is 4.34. The van der Waals surface area contributed by atoms with Crippen molar-refractivity contribution in [2.45, 2.75) is 5.75 Å². The van der Waals surface area contributed by atoms with E-state index < -0.39 is 0 Å². The first kappa shape index (κ1) is 13.3. The number of nitro benzene ring substituents is 1. The molecule has 1 aromatic rings. The Morgan fingerprint density at radius 2 is 2.17 bits per heavy atom. The molecule has 0 aliphatic carbocycles. The Kier molecular flexibility index (Phi) is 4.21. The Balaban J connectivity index is 1.92. The molecule has 0 spiro atoms. The van der Waals surface area contributed by atoms with Gasteiger partial charge in [-0.05, 0) is 0 Å². The Morgan fingerprint density at radius 1 is 1.44 bits per heavy atom. The molecule has 0 aromatic heterocycles. The normalized spacial score (nSPS) is 17.2. The van der Waals surface area contributed by atoms with Crippen molar-refractivity contribution in [1.82, 2.24) is 0 Å². The lowest BCUT2D eigenvalue weighted by Crippen LogP contribution is -2.47. The summed E-state index contributed by atoms with van der Waals surface area (Å²) in [7, 11) is 0. The molecule has 98 valence electrons. The van der Waals surface area contributed by atoms with Crippen LogP contribution in [0, 0.1) is 15.5 Å². The first-order valence-electron chi connectivity index (χ1n) is 5.65. The molecule has 1 aliphatic rings. The summed E-state index contributed by atoms with van der Waals surface area (Å²) in [5, 5.41) is 20.1. The fraction of sp³-hybridized carbons (Fsp3) is 0.500. The number of benzene rings is 1. The van der Waals surface area contributed by atoms with Crippen molar-refractivity contribution in [3.63, 3.8) is 0 Å². The maximum Gasteiger partial charge on any atom is 0.273 e. The van der Waals surface area contributed by atoms with Gasteiger partial charge in [-0.1, -0.05) is 18.2 Å². The number of para-hydroxylation sites is 1. The van der Waals surface area contributed by atoms with Crippen LogP contribution in [0.5, 0.6) is 0 Å². The SMILES string of the molecule is O=[N+]([O-])c1ccccc1CSCC1(CO)COC1. The molecule has 0 atom stereocenters. The Bertz CT molecular complexity index is 428. The first-order valence-corrected chi connectivity index (χ1v) is 6.81. The van der Waals surface area contributed by atoms with E-state index in [4.69, 9.17) is 4.74 Å². The Hall–Kier alpha value is -1.11. The lowest BCUT2D eigenvalue weighted by molar-refractivity contribution is -0.385. The van der Waals surface area contributed by atoms with Crippen LogP contribution in [0.15, 0.2) is 24.3 Å². The van der Waals surface area contributed by atoms with Crippen LogP contribution in [0.4, 0.5) is 5.69 Å². The van der Waals surface area contributed by atoms with Crippen molar-refractivity contribution in [2.75, 3.05) is 25.6 Å². The summed E-state index contributed by atoms with van der Waals surface area (Å²) in [6.45, 7) is 1.26. The van der Waals surface area contributed by atoms with Crippen LogP contribution >= 0.6 is 11.8 Å². The van der Waals surface area contributed by atoms with Crippen molar-refractivity contribution in [2.24, 2.45) is 5.41 Å². The van der Waals surface area contributed by atoms with Crippen molar-refractivity contribution in [3.8, 4) is 0 Å². The van der Waals surface area contributed by atoms with Gasteiger partial charge < -0.3 is 9.84 Å². The first-order chi connectivity index (χ1) is 8.67.